The average molecular weight is 459 g/mol. The van der Waals surface area contributed by atoms with Crippen molar-refractivity contribution < 1.29 is 9.18 Å². The highest BCUT2D eigenvalue weighted by Gasteiger charge is 2.14. The summed E-state index contributed by atoms with van der Waals surface area (Å²) in [6.45, 7) is 6.53. The number of amides is 1. The molecule has 0 atom stereocenters. The van der Waals surface area contributed by atoms with E-state index >= 15 is 0 Å². The molecule has 4 aromatic rings. The molecule has 5 nitrogen and oxygen atoms in total. The van der Waals surface area contributed by atoms with E-state index in [4.69, 9.17) is 0 Å². The molecule has 0 aliphatic heterocycles. The maximum absolute atomic E-state index is 13.0. The Balaban J connectivity index is 1.42. The molecule has 0 aliphatic rings. The van der Waals surface area contributed by atoms with E-state index in [2.05, 4.69) is 41.1 Å². The first kappa shape index (κ1) is 22.5. The predicted molar refractivity (Wildman–Crippen MR) is 131 cm³/mol. The zero-order valence-electron chi connectivity index (χ0n) is 18.2. The van der Waals surface area contributed by atoms with Crippen LogP contribution in [0.25, 0.3) is 11.4 Å². The Hall–Kier alpha value is -3.71. The van der Waals surface area contributed by atoms with Gasteiger partial charge in [0, 0.05) is 29.1 Å². The van der Waals surface area contributed by atoms with Crippen molar-refractivity contribution in [3.05, 3.63) is 108 Å². The molecule has 33 heavy (non-hydrogen) atoms. The van der Waals surface area contributed by atoms with E-state index in [1.165, 1.54) is 29.8 Å². The number of aryl methyl sites for hydroxylation is 1. The summed E-state index contributed by atoms with van der Waals surface area (Å²) >= 11 is 1.58. The van der Waals surface area contributed by atoms with E-state index < -0.39 is 0 Å². The second-order valence-corrected chi connectivity index (χ2v) is 8.46. The summed E-state index contributed by atoms with van der Waals surface area (Å²) in [5.74, 6) is 0.910. The molecule has 1 N–H and O–H groups in total. The highest BCUT2D eigenvalue weighted by Crippen LogP contribution is 2.27. The number of carbonyl (C=O) groups excluding carboxylic acids is 1. The van der Waals surface area contributed by atoms with Gasteiger partial charge in [-0.05, 0) is 48.9 Å². The maximum atomic E-state index is 13.0. The first-order valence-corrected chi connectivity index (χ1v) is 11.4. The van der Waals surface area contributed by atoms with Crippen LogP contribution in [-0.4, -0.2) is 20.7 Å². The first-order valence-electron chi connectivity index (χ1n) is 10.4. The van der Waals surface area contributed by atoms with Gasteiger partial charge in [0.1, 0.15) is 5.82 Å². The Kier molecular flexibility index (Phi) is 7.00. The molecule has 7 heteroatoms. The van der Waals surface area contributed by atoms with Gasteiger partial charge in [-0.15, -0.1) is 16.8 Å². The number of hydrogen-bond donors (Lipinski definition) is 1. The fourth-order valence-corrected chi connectivity index (χ4v) is 4.15. The molecule has 0 bridgehead atoms. The van der Waals surface area contributed by atoms with Gasteiger partial charge < -0.3 is 5.32 Å². The highest BCUT2D eigenvalue weighted by atomic mass is 32.2. The molecular formula is C26H23FN4OS. The molecule has 0 saturated heterocycles. The van der Waals surface area contributed by atoms with E-state index in [9.17, 15) is 9.18 Å². The number of aromatic nitrogens is 3. The van der Waals surface area contributed by atoms with Crippen LogP contribution in [0.1, 0.15) is 21.5 Å². The minimum absolute atomic E-state index is 0.241. The zero-order valence-corrected chi connectivity index (χ0v) is 19.0. The lowest BCUT2D eigenvalue weighted by molar-refractivity contribution is 0.102. The normalized spacial score (nSPS) is 10.7. The number of rotatable bonds is 8. The fourth-order valence-electron chi connectivity index (χ4n) is 3.24. The second-order valence-electron chi connectivity index (χ2n) is 7.52. The SMILES string of the molecule is C=CCn1c(SCc2ccc(C(=O)Nc3ccc(F)cc3)cc2)nnc1-c1ccc(C)cc1. The Morgan fingerprint density at radius 3 is 2.39 bits per heavy atom. The summed E-state index contributed by atoms with van der Waals surface area (Å²) in [4.78, 5) is 12.4. The molecule has 0 radical (unpaired) electrons. The van der Waals surface area contributed by atoms with Crippen molar-refractivity contribution in [3.63, 3.8) is 0 Å². The Labute approximate surface area is 196 Å². The monoisotopic (exact) mass is 458 g/mol. The van der Waals surface area contributed by atoms with Crippen LogP contribution >= 0.6 is 11.8 Å². The number of hydrogen-bond acceptors (Lipinski definition) is 4. The molecule has 166 valence electrons. The van der Waals surface area contributed by atoms with Gasteiger partial charge in [0.2, 0.25) is 0 Å². The van der Waals surface area contributed by atoms with Crippen molar-refractivity contribution in [2.24, 2.45) is 0 Å². The molecular weight excluding hydrogens is 435 g/mol. The number of anilines is 1. The quantitative estimate of drug-likeness (QED) is 0.255. The first-order chi connectivity index (χ1) is 16.0. The van der Waals surface area contributed by atoms with Gasteiger partial charge in [-0.25, -0.2) is 4.39 Å². The van der Waals surface area contributed by atoms with Crippen molar-refractivity contribution in [1.29, 1.82) is 0 Å². The van der Waals surface area contributed by atoms with Crippen LogP contribution in [-0.2, 0) is 12.3 Å². The summed E-state index contributed by atoms with van der Waals surface area (Å²) in [6.07, 6.45) is 1.83. The second kappa shape index (κ2) is 10.3. The molecule has 0 aliphatic carbocycles. The predicted octanol–water partition coefficient (Wildman–Crippen LogP) is 6.12. The molecule has 1 amide bonds. The van der Waals surface area contributed by atoms with Crippen LogP contribution < -0.4 is 5.32 Å². The van der Waals surface area contributed by atoms with E-state index in [1.54, 1.807) is 23.9 Å². The summed E-state index contributed by atoms with van der Waals surface area (Å²) in [6, 6.07) is 21.3. The van der Waals surface area contributed by atoms with Gasteiger partial charge in [-0.2, -0.15) is 0 Å². The third-order valence-corrected chi connectivity index (χ3v) is 6.06. The lowest BCUT2D eigenvalue weighted by atomic mass is 10.1. The Morgan fingerprint density at radius 1 is 1.03 bits per heavy atom. The van der Waals surface area contributed by atoms with Crippen LogP contribution in [0, 0.1) is 12.7 Å². The topological polar surface area (TPSA) is 59.8 Å². The maximum Gasteiger partial charge on any atom is 0.255 e. The minimum Gasteiger partial charge on any atom is -0.322 e. The van der Waals surface area contributed by atoms with E-state index in [-0.39, 0.29) is 11.7 Å². The number of halogens is 1. The van der Waals surface area contributed by atoms with E-state index in [1.807, 2.05) is 34.9 Å². The van der Waals surface area contributed by atoms with Gasteiger partial charge in [-0.1, -0.05) is 59.8 Å². The summed E-state index contributed by atoms with van der Waals surface area (Å²) in [7, 11) is 0. The summed E-state index contributed by atoms with van der Waals surface area (Å²) in [5.41, 5.74) is 4.34. The molecule has 4 rings (SSSR count). The van der Waals surface area contributed by atoms with E-state index in [0.717, 1.165) is 22.1 Å². The number of thioether (sulfide) groups is 1. The number of benzene rings is 3. The minimum atomic E-state index is -0.343. The van der Waals surface area contributed by atoms with Crippen LogP contribution in [0.4, 0.5) is 10.1 Å². The molecule has 3 aromatic carbocycles. The average Bonchev–Trinajstić information content (AvgIpc) is 3.23. The lowest BCUT2D eigenvalue weighted by Gasteiger charge is -2.09. The third-order valence-electron chi connectivity index (χ3n) is 5.02. The van der Waals surface area contributed by atoms with Crippen molar-refractivity contribution in [2.45, 2.75) is 24.4 Å². The Bertz CT molecular complexity index is 1250. The van der Waals surface area contributed by atoms with Crippen molar-refractivity contribution >= 4 is 23.4 Å². The number of nitrogens with zero attached hydrogens (tertiary/aromatic N) is 3. The highest BCUT2D eigenvalue weighted by molar-refractivity contribution is 7.98. The molecule has 0 spiro atoms. The molecule has 1 heterocycles. The smallest absolute Gasteiger partial charge is 0.255 e. The fraction of sp³-hybridized carbons (Fsp3) is 0.115. The van der Waals surface area contributed by atoms with E-state index in [0.29, 0.717) is 23.5 Å². The van der Waals surface area contributed by atoms with Gasteiger partial charge in [0.25, 0.3) is 5.91 Å². The van der Waals surface area contributed by atoms with Crippen LogP contribution in [0.5, 0.6) is 0 Å². The number of allylic oxidation sites excluding steroid dienone is 1. The number of nitrogens with one attached hydrogen (secondary N) is 1. The standard InChI is InChI=1S/C26H23FN4OS/c1-3-16-31-24(20-8-4-18(2)5-9-20)29-30-26(31)33-17-19-6-10-21(11-7-19)25(32)28-23-14-12-22(27)13-15-23/h3-15H,1,16-17H2,2H3,(H,28,32). The summed E-state index contributed by atoms with van der Waals surface area (Å²) in [5, 5.41) is 12.4. The van der Waals surface area contributed by atoms with Crippen LogP contribution in [0.2, 0.25) is 0 Å². The van der Waals surface area contributed by atoms with Gasteiger partial charge in [-0.3, -0.25) is 9.36 Å². The molecule has 0 unspecified atom stereocenters. The van der Waals surface area contributed by atoms with Gasteiger partial charge in [0.05, 0.1) is 0 Å². The van der Waals surface area contributed by atoms with Crippen molar-refractivity contribution in [2.75, 3.05) is 5.32 Å². The van der Waals surface area contributed by atoms with Crippen molar-refractivity contribution in [3.8, 4) is 11.4 Å². The lowest BCUT2D eigenvalue weighted by Crippen LogP contribution is -2.11. The largest absolute Gasteiger partial charge is 0.322 e. The summed E-state index contributed by atoms with van der Waals surface area (Å²) < 4.78 is 15.1. The zero-order chi connectivity index (χ0) is 23.2. The van der Waals surface area contributed by atoms with Crippen LogP contribution in [0.15, 0.2) is 90.6 Å². The number of carbonyl (C=O) groups is 1. The molecule has 0 fully saturated rings. The van der Waals surface area contributed by atoms with Crippen LogP contribution in [0.3, 0.4) is 0 Å². The molecule has 1 aromatic heterocycles. The van der Waals surface area contributed by atoms with Gasteiger partial charge in [0.15, 0.2) is 11.0 Å². The van der Waals surface area contributed by atoms with Gasteiger partial charge >= 0.3 is 0 Å². The molecule has 0 saturated carbocycles. The van der Waals surface area contributed by atoms with Crippen molar-refractivity contribution in [1.82, 2.24) is 14.8 Å². The third kappa shape index (κ3) is 5.56. The Morgan fingerprint density at radius 2 is 1.73 bits per heavy atom.